The molecule has 1 N–H and O–H groups in total. The van der Waals surface area contributed by atoms with Crippen molar-refractivity contribution in [1.29, 1.82) is 5.26 Å². The smallest absolute Gasteiger partial charge is 0.387 e. The summed E-state index contributed by atoms with van der Waals surface area (Å²) in [5.74, 6) is 0.00284. The van der Waals surface area contributed by atoms with E-state index in [9.17, 15) is 22.5 Å². The molecule has 1 unspecified atom stereocenters. The Morgan fingerprint density at radius 3 is 2.56 bits per heavy atom. The molecule has 0 aliphatic carbocycles. The molecule has 2 heterocycles. The zero-order chi connectivity index (χ0) is 24.5. The Hall–Kier alpha value is -3.16. The number of aromatic nitrogens is 1. The van der Waals surface area contributed by atoms with Gasteiger partial charge in [0.15, 0.2) is 0 Å². The van der Waals surface area contributed by atoms with Crippen LogP contribution in [0.4, 0.5) is 14.5 Å². The van der Waals surface area contributed by atoms with E-state index in [1.807, 2.05) is 4.57 Å². The summed E-state index contributed by atoms with van der Waals surface area (Å²) < 4.78 is 64.9. The zero-order valence-corrected chi connectivity index (χ0v) is 19.6. The lowest BCUT2D eigenvalue weighted by atomic mass is 10.1. The van der Waals surface area contributed by atoms with Crippen LogP contribution in [0.15, 0.2) is 42.5 Å². The van der Waals surface area contributed by atoms with E-state index in [-0.39, 0.29) is 11.9 Å². The van der Waals surface area contributed by atoms with Gasteiger partial charge in [-0.25, -0.2) is 8.42 Å². The molecule has 0 saturated carbocycles. The van der Waals surface area contributed by atoms with E-state index in [2.05, 4.69) is 15.5 Å². The second-order valence-corrected chi connectivity index (χ2v) is 10.6. The molecule has 180 valence electrons. The van der Waals surface area contributed by atoms with Gasteiger partial charge in [-0.15, -0.1) is 0 Å². The molecule has 2 aromatic carbocycles. The molecular weight excluding hydrogens is 464 g/mol. The minimum atomic E-state index is -3.50. The van der Waals surface area contributed by atoms with Gasteiger partial charge in [-0.1, -0.05) is 12.1 Å². The van der Waals surface area contributed by atoms with Crippen LogP contribution in [0.5, 0.6) is 5.75 Å². The lowest BCUT2D eigenvalue weighted by Crippen LogP contribution is -2.22. The molecule has 7 nitrogen and oxygen atoms in total. The summed E-state index contributed by atoms with van der Waals surface area (Å²) in [5.41, 5.74) is 2.69. The molecule has 1 fully saturated rings. The van der Waals surface area contributed by atoms with Gasteiger partial charge in [-0.2, -0.15) is 14.0 Å². The third-order valence-corrected chi connectivity index (χ3v) is 7.58. The SMILES string of the molecule is CC(C)S(=O)(=O)Nc1ccc(-c2c(C#N)c3ccc(OC(F)F)cc3n2CC2CCCO2)cc1. The number of hydrogen-bond donors (Lipinski definition) is 1. The highest BCUT2D eigenvalue weighted by Crippen LogP contribution is 2.37. The Labute approximate surface area is 196 Å². The number of ether oxygens (including phenoxy) is 2. The minimum Gasteiger partial charge on any atom is -0.435 e. The van der Waals surface area contributed by atoms with E-state index in [4.69, 9.17) is 4.74 Å². The van der Waals surface area contributed by atoms with Crippen molar-refractivity contribution in [3.63, 3.8) is 0 Å². The van der Waals surface area contributed by atoms with E-state index in [1.54, 1.807) is 44.2 Å². The molecular formula is C24H25F2N3O4S. The first-order chi connectivity index (χ1) is 16.2. The second-order valence-electron chi connectivity index (χ2n) is 8.41. The fraction of sp³-hybridized carbons (Fsp3) is 0.375. The molecule has 1 atom stereocenters. The third kappa shape index (κ3) is 4.86. The Morgan fingerprint density at radius 1 is 1.24 bits per heavy atom. The van der Waals surface area contributed by atoms with Gasteiger partial charge in [0.25, 0.3) is 0 Å². The lowest BCUT2D eigenvalue weighted by molar-refractivity contribution is -0.0497. The molecule has 1 aliphatic rings. The number of anilines is 1. The molecule has 0 bridgehead atoms. The number of hydrogen-bond acceptors (Lipinski definition) is 5. The largest absolute Gasteiger partial charge is 0.435 e. The van der Waals surface area contributed by atoms with Gasteiger partial charge < -0.3 is 14.0 Å². The maximum Gasteiger partial charge on any atom is 0.387 e. The van der Waals surface area contributed by atoms with Gasteiger partial charge in [0.2, 0.25) is 10.0 Å². The van der Waals surface area contributed by atoms with Gasteiger partial charge in [0, 0.05) is 30.3 Å². The molecule has 10 heteroatoms. The fourth-order valence-corrected chi connectivity index (χ4v) is 4.78. The minimum absolute atomic E-state index is 0.00284. The van der Waals surface area contributed by atoms with Crippen LogP contribution in [0, 0.1) is 11.3 Å². The molecule has 0 amide bonds. The average Bonchev–Trinajstić information content (AvgIpc) is 3.40. The number of nitrogens with one attached hydrogen (secondary N) is 1. The molecule has 1 aliphatic heterocycles. The number of benzene rings is 2. The maximum absolute atomic E-state index is 12.8. The van der Waals surface area contributed by atoms with E-state index in [1.165, 1.54) is 12.1 Å². The van der Waals surface area contributed by atoms with Gasteiger partial charge >= 0.3 is 6.61 Å². The summed E-state index contributed by atoms with van der Waals surface area (Å²) in [6.45, 7) is 1.30. The topological polar surface area (TPSA) is 93.4 Å². The van der Waals surface area contributed by atoms with Crippen LogP contribution in [0.3, 0.4) is 0 Å². The number of alkyl halides is 2. The van der Waals surface area contributed by atoms with Crippen LogP contribution in [-0.4, -0.2) is 37.6 Å². The van der Waals surface area contributed by atoms with Crippen molar-refractivity contribution in [1.82, 2.24) is 4.57 Å². The van der Waals surface area contributed by atoms with Crippen molar-refractivity contribution in [2.24, 2.45) is 0 Å². The summed E-state index contributed by atoms with van der Waals surface area (Å²) in [5, 5.41) is 10.0. The van der Waals surface area contributed by atoms with Crippen LogP contribution in [0.1, 0.15) is 32.3 Å². The van der Waals surface area contributed by atoms with Crippen LogP contribution < -0.4 is 9.46 Å². The Morgan fingerprint density at radius 2 is 1.97 bits per heavy atom. The number of halogens is 2. The third-order valence-electron chi connectivity index (χ3n) is 5.82. The normalized spacial score (nSPS) is 16.3. The molecule has 0 radical (unpaired) electrons. The highest BCUT2D eigenvalue weighted by Gasteiger charge is 2.24. The van der Waals surface area contributed by atoms with Gasteiger partial charge in [0.05, 0.1) is 28.1 Å². The average molecular weight is 490 g/mol. The van der Waals surface area contributed by atoms with Crippen LogP contribution in [-0.2, 0) is 21.3 Å². The first-order valence-corrected chi connectivity index (χ1v) is 12.5. The Balaban J connectivity index is 1.82. The van der Waals surface area contributed by atoms with Crippen molar-refractivity contribution in [2.75, 3.05) is 11.3 Å². The summed E-state index contributed by atoms with van der Waals surface area (Å²) in [6.07, 6.45) is 1.71. The predicted octanol–water partition coefficient (Wildman–Crippen LogP) is 5.11. The maximum atomic E-state index is 12.8. The zero-order valence-electron chi connectivity index (χ0n) is 18.8. The number of nitrogens with zero attached hydrogens (tertiary/aromatic N) is 2. The monoisotopic (exact) mass is 489 g/mol. The number of nitriles is 1. The van der Waals surface area contributed by atoms with Gasteiger partial charge in [-0.3, -0.25) is 4.72 Å². The molecule has 34 heavy (non-hydrogen) atoms. The molecule has 0 spiro atoms. The van der Waals surface area contributed by atoms with Gasteiger partial charge in [0.1, 0.15) is 11.8 Å². The summed E-state index contributed by atoms with van der Waals surface area (Å²) in [6, 6.07) is 13.5. The van der Waals surface area contributed by atoms with Crippen LogP contribution in [0.25, 0.3) is 22.2 Å². The van der Waals surface area contributed by atoms with Crippen molar-refractivity contribution >= 4 is 26.6 Å². The van der Waals surface area contributed by atoms with E-state index >= 15 is 0 Å². The van der Waals surface area contributed by atoms with Crippen molar-refractivity contribution in [3.8, 4) is 23.1 Å². The van der Waals surface area contributed by atoms with Crippen molar-refractivity contribution < 1.29 is 26.7 Å². The predicted molar refractivity (Wildman–Crippen MR) is 125 cm³/mol. The molecule has 4 rings (SSSR count). The first kappa shape index (κ1) is 24.0. The number of sulfonamides is 1. The van der Waals surface area contributed by atoms with Crippen LogP contribution in [0.2, 0.25) is 0 Å². The first-order valence-electron chi connectivity index (χ1n) is 10.9. The van der Waals surface area contributed by atoms with Crippen LogP contribution >= 0.6 is 0 Å². The second kappa shape index (κ2) is 9.60. The summed E-state index contributed by atoms with van der Waals surface area (Å²) in [7, 11) is -3.50. The highest BCUT2D eigenvalue weighted by molar-refractivity contribution is 7.93. The van der Waals surface area contributed by atoms with E-state index in [0.717, 1.165) is 12.8 Å². The summed E-state index contributed by atoms with van der Waals surface area (Å²) in [4.78, 5) is 0. The van der Waals surface area contributed by atoms with E-state index in [0.29, 0.717) is 46.6 Å². The Bertz CT molecular complexity index is 1320. The lowest BCUT2D eigenvalue weighted by Gasteiger charge is -2.17. The quantitative estimate of drug-likeness (QED) is 0.475. The standard InChI is InChI=1S/C24H25F2N3O4S/c1-15(2)34(30,31)28-17-7-5-16(6-8-17)23-21(13-27)20-10-9-18(33-24(25)26)12-22(20)29(23)14-19-4-3-11-32-19/h5-10,12,15,19,24,28H,3-4,11,14H2,1-2H3. The summed E-state index contributed by atoms with van der Waals surface area (Å²) >= 11 is 0. The Kier molecular flexibility index (Phi) is 6.77. The number of fused-ring (bicyclic) bond motifs is 1. The number of rotatable bonds is 8. The molecule has 1 aromatic heterocycles. The van der Waals surface area contributed by atoms with E-state index < -0.39 is 21.9 Å². The fourth-order valence-electron chi connectivity index (χ4n) is 4.08. The molecule has 3 aromatic rings. The van der Waals surface area contributed by atoms with Crippen molar-refractivity contribution in [3.05, 3.63) is 48.0 Å². The molecule has 1 saturated heterocycles. The van der Waals surface area contributed by atoms with Crippen molar-refractivity contribution in [2.45, 2.75) is 51.2 Å². The van der Waals surface area contributed by atoms with Gasteiger partial charge in [-0.05, 0) is 56.5 Å². The highest BCUT2D eigenvalue weighted by atomic mass is 32.2.